The lowest BCUT2D eigenvalue weighted by Gasteiger charge is -2.25. The van der Waals surface area contributed by atoms with Gasteiger partial charge in [-0.2, -0.15) is 11.3 Å². The van der Waals surface area contributed by atoms with Gasteiger partial charge in [-0.3, -0.25) is 4.90 Å². The van der Waals surface area contributed by atoms with E-state index in [0.717, 1.165) is 38.1 Å². The number of hydrogen-bond acceptors (Lipinski definition) is 4. The number of rotatable bonds is 7. The Kier molecular flexibility index (Phi) is 5.43. The van der Waals surface area contributed by atoms with E-state index in [9.17, 15) is 9.90 Å². The van der Waals surface area contributed by atoms with Crippen molar-refractivity contribution in [3.63, 3.8) is 0 Å². The fourth-order valence-corrected chi connectivity index (χ4v) is 3.67. The second-order valence-electron chi connectivity index (χ2n) is 5.90. The van der Waals surface area contributed by atoms with Crippen LogP contribution in [0.2, 0.25) is 0 Å². The van der Waals surface area contributed by atoms with Crippen molar-refractivity contribution >= 4 is 17.3 Å². The van der Waals surface area contributed by atoms with E-state index in [-0.39, 0.29) is 6.10 Å². The predicted molar refractivity (Wildman–Crippen MR) is 90.8 cm³/mol. The first kappa shape index (κ1) is 16.2. The van der Waals surface area contributed by atoms with Crippen LogP contribution in [-0.4, -0.2) is 35.2 Å². The van der Waals surface area contributed by atoms with E-state index >= 15 is 0 Å². The van der Waals surface area contributed by atoms with Gasteiger partial charge >= 0.3 is 5.97 Å². The summed E-state index contributed by atoms with van der Waals surface area (Å²) in [6.45, 7) is 3.11. The summed E-state index contributed by atoms with van der Waals surface area (Å²) in [5, 5.41) is 13.6. The maximum atomic E-state index is 11.4. The molecule has 1 aliphatic rings. The maximum absolute atomic E-state index is 11.4. The molecule has 1 N–H and O–H groups in total. The van der Waals surface area contributed by atoms with Crippen LogP contribution in [0, 0.1) is 0 Å². The minimum Gasteiger partial charge on any atom is -0.478 e. The molecular formula is C18H21NO3S. The van der Waals surface area contributed by atoms with E-state index in [0.29, 0.717) is 12.1 Å². The molecule has 1 atom stereocenters. The number of hydrogen-bond donors (Lipinski definition) is 1. The lowest BCUT2D eigenvalue weighted by Crippen LogP contribution is -2.31. The molecule has 0 radical (unpaired) electrons. The number of carboxylic acids is 1. The number of nitrogens with zero attached hydrogens (tertiary/aromatic N) is 1. The van der Waals surface area contributed by atoms with Crippen molar-refractivity contribution in [2.75, 3.05) is 13.2 Å². The van der Waals surface area contributed by atoms with E-state index in [1.165, 1.54) is 5.56 Å². The second-order valence-corrected chi connectivity index (χ2v) is 6.68. The quantitative estimate of drug-likeness (QED) is 0.842. The minimum atomic E-state index is -0.867. The first-order chi connectivity index (χ1) is 11.2. The SMILES string of the molecule is O=C(O)c1ccccc1CN(Cc1ccsc1)CC1CCCO1. The van der Waals surface area contributed by atoms with Crippen molar-refractivity contribution < 1.29 is 14.6 Å². The van der Waals surface area contributed by atoms with Crippen molar-refractivity contribution in [2.24, 2.45) is 0 Å². The van der Waals surface area contributed by atoms with Crippen molar-refractivity contribution in [3.8, 4) is 0 Å². The Bertz CT molecular complexity index is 635. The van der Waals surface area contributed by atoms with Crippen molar-refractivity contribution in [3.05, 3.63) is 57.8 Å². The summed E-state index contributed by atoms with van der Waals surface area (Å²) >= 11 is 1.69. The monoisotopic (exact) mass is 331 g/mol. The van der Waals surface area contributed by atoms with Crippen LogP contribution in [0.15, 0.2) is 41.1 Å². The highest BCUT2D eigenvalue weighted by Crippen LogP contribution is 2.19. The molecule has 1 aromatic carbocycles. The molecule has 1 aliphatic heterocycles. The molecule has 1 aromatic heterocycles. The Labute approximate surface area is 140 Å². The molecule has 122 valence electrons. The van der Waals surface area contributed by atoms with Gasteiger partial charge in [0.05, 0.1) is 11.7 Å². The Morgan fingerprint density at radius 2 is 2.17 bits per heavy atom. The van der Waals surface area contributed by atoms with E-state index in [4.69, 9.17) is 4.74 Å². The van der Waals surface area contributed by atoms with Crippen LogP contribution in [0.4, 0.5) is 0 Å². The van der Waals surface area contributed by atoms with Crippen LogP contribution >= 0.6 is 11.3 Å². The third-order valence-electron chi connectivity index (χ3n) is 4.11. The molecule has 3 rings (SSSR count). The van der Waals surface area contributed by atoms with Crippen LogP contribution < -0.4 is 0 Å². The molecule has 2 heterocycles. The Morgan fingerprint density at radius 1 is 1.30 bits per heavy atom. The van der Waals surface area contributed by atoms with Gasteiger partial charge in [0.15, 0.2) is 0 Å². The molecule has 0 bridgehead atoms. The van der Waals surface area contributed by atoms with Crippen molar-refractivity contribution in [1.29, 1.82) is 0 Å². The van der Waals surface area contributed by atoms with Gasteiger partial charge in [-0.25, -0.2) is 4.79 Å². The summed E-state index contributed by atoms with van der Waals surface area (Å²) in [4.78, 5) is 13.7. The molecule has 0 aliphatic carbocycles. The summed E-state index contributed by atoms with van der Waals surface area (Å²) < 4.78 is 5.76. The molecule has 0 spiro atoms. The smallest absolute Gasteiger partial charge is 0.336 e. The highest BCUT2D eigenvalue weighted by molar-refractivity contribution is 7.07. The molecule has 2 aromatic rings. The Morgan fingerprint density at radius 3 is 2.87 bits per heavy atom. The summed E-state index contributed by atoms with van der Waals surface area (Å²) in [6.07, 6.45) is 2.45. The fourth-order valence-electron chi connectivity index (χ4n) is 3.01. The van der Waals surface area contributed by atoms with Crippen molar-refractivity contribution in [2.45, 2.75) is 32.0 Å². The van der Waals surface area contributed by atoms with Crippen LogP contribution in [0.5, 0.6) is 0 Å². The molecule has 5 heteroatoms. The summed E-state index contributed by atoms with van der Waals surface area (Å²) in [6, 6.07) is 9.37. The zero-order valence-corrected chi connectivity index (χ0v) is 13.8. The zero-order valence-electron chi connectivity index (χ0n) is 13.0. The summed E-state index contributed by atoms with van der Waals surface area (Å²) in [5.74, 6) is -0.867. The molecule has 1 fully saturated rings. The molecule has 1 unspecified atom stereocenters. The lowest BCUT2D eigenvalue weighted by molar-refractivity contribution is 0.0661. The molecule has 4 nitrogen and oxygen atoms in total. The molecule has 0 amide bonds. The van der Waals surface area contributed by atoms with Gasteiger partial charge in [-0.1, -0.05) is 18.2 Å². The summed E-state index contributed by atoms with van der Waals surface area (Å²) in [5.41, 5.74) is 2.50. The number of benzene rings is 1. The fraction of sp³-hybridized carbons (Fsp3) is 0.389. The number of aromatic carboxylic acids is 1. The number of carbonyl (C=O) groups is 1. The van der Waals surface area contributed by atoms with Gasteiger partial charge in [-0.15, -0.1) is 0 Å². The average molecular weight is 331 g/mol. The van der Waals surface area contributed by atoms with Crippen LogP contribution in [0.25, 0.3) is 0 Å². The highest BCUT2D eigenvalue weighted by atomic mass is 32.1. The van der Waals surface area contributed by atoms with Gasteiger partial charge in [0.2, 0.25) is 0 Å². The van der Waals surface area contributed by atoms with Gasteiger partial charge in [0.25, 0.3) is 0 Å². The third kappa shape index (κ3) is 4.41. The largest absolute Gasteiger partial charge is 0.478 e. The minimum absolute atomic E-state index is 0.255. The van der Waals surface area contributed by atoms with E-state index in [2.05, 4.69) is 21.7 Å². The van der Waals surface area contributed by atoms with Gasteiger partial charge < -0.3 is 9.84 Å². The van der Waals surface area contributed by atoms with E-state index < -0.39 is 5.97 Å². The molecule has 0 saturated carbocycles. The molecule has 1 saturated heterocycles. The third-order valence-corrected chi connectivity index (χ3v) is 4.85. The van der Waals surface area contributed by atoms with Gasteiger partial charge in [0, 0.05) is 26.2 Å². The van der Waals surface area contributed by atoms with Gasteiger partial charge in [-0.05, 0) is 46.9 Å². The first-order valence-corrected chi connectivity index (χ1v) is 8.83. The number of ether oxygens (including phenoxy) is 1. The van der Waals surface area contributed by atoms with Crippen molar-refractivity contribution in [1.82, 2.24) is 4.90 Å². The number of thiophene rings is 1. The standard InChI is InChI=1S/C18H21NO3S/c20-18(21)17-6-2-1-4-15(17)11-19(10-14-7-9-23-13-14)12-16-5-3-8-22-16/h1-2,4,6-7,9,13,16H,3,5,8,10-12H2,(H,20,21). The highest BCUT2D eigenvalue weighted by Gasteiger charge is 2.21. The molecule has 23 heavy (non-hydrogen) atoms. The number of carboxylic acid groups (broad SMARTS) is 1. The topological polar surface area (TPSA) is 49.8 Å². The predicted octanol–water partition coefficient (Wildman–Crippen LogP) is 3.63. The zero-order chi connectivity index (χ0) is 16.1. The van der Waals surface area contributed by atoms with Crippen LogP contribution in [-0.2, 0) is 17.8 Å². The van der Waals surface area contributed by atoms with Gasteiger partial charge in [0.1, 0.15) is 0 Å². The normalized spacial score (nSPS) is 17.7. The second kappa shape index (κ2) is 7.73. The van der Waals surface area contributed by atoms with Crippen LogP contribution in [0.1, 0.15) is 34.3 Å². The summed E-state index contributed by atoms with van der Waals surface area (Å²) in [7, 11) is 0. The first-order valence-electron chi connectivity index (χ1n) is 7.88. The van der Waals surface area contributed by atoms with E-state index in [1.807, 2.05) is 12.1 Å². The van der Waals surface area contributed by atoms with Crippen LogP contribution in [0.3, 0.4) is 0 Å². The van der Waals surface area contributed by atoms with E-state index in [1.54, 1.807) is 23.5 Å². The molecular weight excluding hydrogens is 310 g/mol. The lowest BCUT2D eigenvalue weighted by atomic mass is 10.1. The Hall–Kier alpha value is -1.69. The maximum Gasteiger partial charge on any atom is 0.336 e. The average Bonchev–Trinajstić information content (AvgIpc) is 3.21. The Balaban J connectivity index is 1.75.